The van der Waals surface area contributed by atoms with Gasteiger partial charge in [-0.3, -0.25) is 0 Å². The number of aliphatic imine (C=N–C) groups is 1. The van der Waals surface area contributed by atoms with Crippen molar-refractivity contribution in [3.63, 3.8) is 0 Å². The van der Waals surface area contributed by atoms with Gasteiger partial charge in [0.25, 0.3) is 0 Å². The third-order valence-corrected chi connectivity index (χ3v) is 6.12. The van der Waals surface area contributed by atoms with Gasteiger partial charge in [0.1, 0.15) is 23.2 Å². The maximum Gasteiger partial charge on any atom is 0.435 e. The van der Waals surface area contributed by atoms with Crippen LogP contribution >= 0.6 is 0 Å². The van der Waals surface area contributed by atoms with Gasteiger partial charge in [-0.25, -0.2) is 4.79 Å². The van der Waals surface area contributed by atoms with Crippen molar-refractivity contribution in [1.29, 1.82) is 0 Å². The molecule has 4 rings (SSSR count). The summed E-state index contributed by atoms with van der Waals surface area (Å²) < 4.78 is 22.0. The van der Waals surface area contributed by atoms with Crippen LogP contribution in [0.3, 0.4) is 0 Å². The van der Waals surface area contributed by atoms with Gasteiger partial charge in [0, 0.05) is 25.8 Å². The molecule has 0 radical (unpaired) electrons. The van der Waals surface area contributed by atoms with Crippen LogP contribution in [0, 0.1) is 0 Å². The molecule has 1 atom stereocenters. The van der Waals surface area contributed by atoms with Crippen LogP contribution in [0.4, 0.5) is 4.79 Å². The molecule has 9 nitrogen and oxygen atoms in total. The summed E-state index contributed by atoms with van der Waals surface area (Å²) in [5.41, 5.74) is 0.282. The number of carbonyl (C=O) groups is 1. The second-order valence-corrected chi connectivity index (χ2v) is 10.2. The first-order chi connectivity index (χ1) is 17.7. The van der Waals surface area contributed by atoms with Gasteiger partial charge in [0.15, 0.2) is 0 Å². The number of amides is 1. The van der Waals surface area contributed by atoms with Gasteiger partial charge < -0.3 is 23.6 Å². The first kappa shape index (κ1) is 26.6. The normalized spacial score (nSPS) is 16.4. The molecule has 1 aliphatic heterocycles. The Morgan fingerprint density at radius 2 is 1.89 bits per heavy atom. The zero-order valence-corrected chi connectivity index (χ0v) is 22.3. The largest absolute Gasteiger partial charge is 0.494 e. The quantitative estimate of drug-likeness (QED) is 0.202. The summed E-state index contributed by atoms with van der Waals surface area (Å²) in [6.07, 6.45) is 3.12. The van der Waals surface area contributed by atoms with Gasteiger partial charge in [-0.15, -0.1) is 0 Å². The number of carbonyl (C=O) groups excluding carboxylic acids is 1. The van der Waals surface area contributed by atoms with Crippen molar-refractivity contribution in [2.24, 2.45) is 4.99 Å². The van der Waals surface area contributed by atoms with Crippen LogP contribution in [0.1, 0.15) is 65.3 Å². The number of benzene rings is 2. The minimum absolute atomic E-state index is 0.128. The maximum absolute atomic E-state index is 12.2. The fourth-order valence-electron chi connectivity index (χ4n) is 4.37. The Morgan fingerprint density at radius 1 is 1.14 bits per heavy atom. The molecule has 1 aromatic heterocycles. The number of hydrogen-bond acceptors (Lipinski definition) is 7. The molecule has 9 heteroatoms. The van der Waals surface area contributed by atoms with Crippen LogP contribution in [-0.2, 0) is 9.47 Å². The Kier molecular flexibility index (Phi) is 8.43. The molecule has 2 heterocycles. The van der Waals surface area contributed by atoms with E-state index in [1.54, 1.807) is 14.0 Å². The fourth-order valence-corrected chi connectivity index (χ4v) is 4.37. The molecule has 0 saturated carbocycles. The van der Waals surface area contributed by atoms with E-state index in [0.29, 0.717) is 24.2 Å². The summed E-state index contributed by atoms with van der Waals surface area (Å²) in [7, 11) is 1.71. The molecular weight excluding hydrogens is 472 g/mol. The summed E-state index contributed by atoms with van der Waals surface area (Å²) >= 11 is 0. The summed E-state index contributed by atoms with van der Waals surface area (Å²) in [5.74, 6) is 2.48. The van der Waals surface area contributed by atoms with Crippen molar-refractivity contribution in [1.82, 2.24) is 15.0 Å². The van der Waals surface area contributed by atoms with Gasteiger partial charge in [0.05, 0.1) is 6.61 Å². The summed E-state index contributed by atoms with van der Waals surface area (Å²) in [5, 5.41) is 6.39. The Labute approximate surface area is 217 Å². The number of likely N-dealkylation sites (tertiary alicyclic amines) is 1. The number of nitrogens with zero attached hydrogens (tertiary/aromatic N) is 4. The zero-order valence-electron chi connectivity index (χ0n) is 22.3. The van der Waals surface area contributed by atoms with Crippen molar-refractivity contribution in [3.8, 4) is 17.1 Å². The minimum atomic E-state index is -0.599. The second kappa shape index (κ2) is 11.7. The predicted octanol–water partition coefficient (Wildman–Crippen LogP) is 6.19. The molecule has 0 bridgehead atoms. The Balaban J connectivity index is 1.44. The molecule has 2 aromatic carbocycles. The number of unbranched alkanes of at least 4 members (excludes halogenated alkanes) is 1. The van der Waals surface area contributed by atoms with Crippen molar-refractivity contribution in [2.45, 2.75) is 65.0 Å². The second-order valence-electron chi connectivity index (χ2n) is 10.2. The number of rotatable bonds is 8. The molecule has 3 aromatic rings. The molecule has 0 spiro atoms. The van der Waals surface area contributed by atoms with E-state index in [4.69, 9.17) is 23.7 Å². The SMILES string of the molecule is COCCCCOc1ccc2cc(-c3noc([C@@H]4CCCN4/C(C)=N/C(=O)OC(C)(C)C)n3)ccc2c1. The van der Waals surface area contributed by atoms with Crippen molar-refractivity contribution < 1.29 is 23.5 Å². The fraction of sp³-hybridized carbons (Fsp3) is 0.500. The van der Waals surface area contributed by atoms with Crippen LogP contribution in [0.25, 0.3) is 22.2 Å². The van der Waals surface area contributed by atoms with E-state index in [0.717, 1.165) is 60.9 Å². The number of amidine groups is 1. The van der Waals surface area contributed by atoms with E-state index in [2.05, 4.69) is 10.1 Å². The first-order valence-corrected chi connectivity index (χ1v) is 12.8. The number of hydrogen-bond donors (Lipinski definition) is 0. The smallest absolute Gasteiger partial charge is 0.435 e. The number of methoxy groups -OCH3 is 1. The van der Waals surface area contributed by atoms with Crippen LogP contribution in [-0.4, -0.2) is 59.4 Å². The summed E-state index contributed by atoms with van der Waals surface area (Å²) in [6.45, 7) is 9.44. The third-order valence-electron chi connectivity index (χ3n) is 6.12. The monoisotopic (exact) mass is 508 g/mol. The van der Waals surface area contributed by atoms with Gasteiger partial charge >= 0.3 is 6.09 Å². The minimum Gasteiger partial charge on any atom is -0.494 e. The zero-order chi connectivity index (χ0) is 26.4. The van der Waals surface area contributed by atoms with Crippen LogP contribution in [0.2, 0.25) is 0 Å². The third kappa shape index (κ3) is 7.07. The lowest BCUT2D eigenvalue weighted by Gasteiger charge is -2.24. The van der Waals surface area contributed by atoms with E-state index in [1.807, 2.05) is 62.1 Å². The molecule has 1 saturated heterocycles. The summed E-state index contributed by atoms with van der Waals surface area (Å²) in [4.78, 5) is 23.0. The van der Waals surface area contributed by atoms with Crippen LogP contribution in [0.15, 0.2) is 45.9 Å². The summed E-state index contributed by atoms with van der Waals surface area (Å²) in [6, 6.07) is 12.0. The molecular formula is C28H36N4O5. The average molecular weight is 509 g/mol. The highest BCUT2D eigenvalue weighted by molar-refractivity contribution is 5.90. The highest BCUT2D eigenvalue weighted by Gasteiger charge is 2.32. The van der Waals surface area contributed by atoms with E-state index in [9.17, 15) is 4.79 Å². The Bertz CT molecular complexity index is 1250. The van der Waals surface area contributed by atoms with Gasteiger partial charge in [-0.2, -0.15) is 9.98 Å². The first-order valence-electron chi connectivity index (χ1n) is 12.8. The highest BCUT2D eigenvalue weighted by atomic mass is 16.6. The maximum atomic E-state index is 12.2. The van der Waals surface area contributed by atoms with Gasteiger partial charge in [-0.1, -0.05) is 23.4 Å². The standard InChI is InChI=1S/C28H36N4O5/c1-19(29-27(33)36-28(2,3)4)32-14-8-9-24(32)26-30-25(31-37-26)22-11-10-21-18-23(13-12-20(21)17-22)35-16-7-6-15-34-5/h10-13,17-18,24H,6-9,14-16H2,1-5H3/b29-19+/t24-/m0/s1. The number of ether oxygens (including phenoxy) is 3. The molecule has 1 aliphatic rings. The van der Waals surface area contributed by atoms with E-state index >= 15 is 0 Å². The molecule has 1 fully saturated rings. The van der Waals surface area contributed by atoms with Crippen LogP contribution in [0.5, 0.6) is 5.75 Å². The topological polar surface area (TPSA) is 99.3 Å². The molecule has 0 aliphatic carbocycles. The van der Waals surface area contributed by atoms with Crippen molar-refractivity contribution in [3.05, 3.63) is 42.3 Å². The average Bonchev–Trinajstić information content (AvgIpc) is 3.52. The van der Waals surface area contributed by atoms with Gasteiger partial charge in [0.2, 0.25) is 11.7 Å². The lowest BCUT2D eigenvalue weighted by molar-refractivity contribution is 0.0601. The predicted molar refractivity (Wildman–Crippen MR) is 142 cm³/mol. The lowest BCUT2D eigenvalue weighted by Crippen LogP contribution is -2.30. The van der Waals surface area contributed by atoms with Crippen molar-refractivity contribution in [2.75, 3.05) is 26.9 Å². The van der Waals surface area contributed by atoms with Gasteiger partial charge in [-0.05, 0) is 82.3 Å². The molecule has 0 unspecified atom stereocenters. The lowest BCUT2D eigenvalue weighted by atomic mass is 10.1. The molecule has 1 amide bonds. The van der Waals surface area contributed by atoms with E-state index in [1.165, 1.54) is 0 Å². The number of aromatic nitrogens is 2. The Morgan fingerprint density at radius 3 is 2.68 bits per heavy atom. The number of fused-ring (bicyclic) bond motifs is 1. The van der Waals surface area contributed by atoms with Crippen molar-refractivity contribution >= 4 is 22.7 Å². The highest BCUT2D eigenvalue weighted by Crippen LogP contribution is 2.33. The molecule has 37 heavy (non-hydrogen) atoms. The van der Waals surface area contributed by atoms with E-state index < -0.39 is 11.7 Å². The van der Waals surface area contributed by atoms with Crippen LogP contribution < -0.4 is 4.74 Å². The molecule has 0 N–H and O–H groups in total. The Hall–Kier alpha value is -3.46. The van der Waals surface area contributed by atoms with E-state index in [-0.39, 0.29) is 6.04 Å². The molecule has 198 valence electrons.